The van der Waals surface area contributed by atoms with Gasteiger partial charge in [0.2, 0.25) is 5.91 Å². The van der Waals surface area contributed by atoms with Crippen molar-refractivity contribution in [2.24, 2.45) is 5.92 Å². The van der Waals surface area contributed by atoms with Gasteiger partial charge in [0.05, 0.1) is 18.8 Å². The minimum atomic E-state index is -0.690. The highest BCUT2D eigenvalue weighted by Crippen LogP contribution is 2.45. The molecule has 0 bridgehead atoms. The molecule has 10 heteroatoms. The molecule has 2 heterocycles. The third-order valence-corrected chi connectivity index (χ3v) is 7.73. The fourth-order valence-electron chi connectivity index (χ4n) is 5.26. The number of carbonyl (C=O) groups excluding carboxylic acids is 2. The molecule has 0 fully saturated rings. The SMILES string of the molecule is CC(=O)NCC(O)CCOc1ccc([C@H]2C3=C(CCN2C(=O)Oc2ccc(Cl)cc2)C2C=C(Cl)C=CC2N3)cc1. The molecule has 0 radical (unpaired) electrons. The molecule has 3 unspecified atom stereocenters. The first-order valence-electron chi connectivity index (χ1n) is 13.2. The normalized spacial score (nSPS) is 22.1. The van der Waals surface area contributed by atoms with E-state index in [4.69, 9.17) is 32.7 Å². The number of aliphatic hydroxyl groups excluding tert-OH is 1. The Morgan fingerprint density at radius 2 is 1.85 bits per heavy atom. The Bertz CT molecular complexity index is 1340. The van der Waals surface area contributed by atoms with Gasteiger partial charge in [-0.3, -0.25) is 9.69 Å². The maximum atomic E-state index is 13.5. The number of rotatable bonds is 8. The first-order valence-corrected chi connectivity index (χ1v) is 14.0. The molecule has 40 heavy (non-hydrogen) atoms. The summed E-state index contributed by atoms with van der Waals surface area (Å²) in [7, 11) is 0. The quantitative estimate of drug-likeness (QED) is 0.400. The summed E-state index contributed by atoms with van der Waals surface area (Å²) in [5.41, 5.74) is 3.13. The van der Waals surface area contributed by atoms with Gasteiger partial charge in [-0.15, -0.1) is 0 Å². The number of aliphatic hydroxyl groups is 1. The molecule has 3 aliphatic rings. The minimum Gasteiger partial charge on any atom is -0.493 e. The van der Waals surface area contributed by atoms with E-state index in [0.717, 1.165) is 11.3 Å². The summed E-state index contributed by atoms with van der Waals surface area (Å²) in [6.45, 7) is 2.37. The van der Waals surface area contributed by atoms with Gasteiger partial charge in [0.1, 0.15) is 17.5 Å². The van der Waals surface area contributed by atoms with Gasteiger partial charge in [-0.2, -0.15) is 0 Å². The highest BCUT2D eigenvalue weighted by molar-refractivity contribution is 6.31. The van der Waals surface area contributed by atoms with Crippen molar-refractivity contribution >= 4 is 35.2 Å². The Kier molecular flexibility index (Phi) is 8.69. The Morgan fingerprint density at radius 3 is 2.58 bits per heavy atom. The van der Waals surface area contributed by atoms with Gasteiger partial charge in [0, 0.05) is 48.1 Å². The lowest BCUT2D eigenvalue weighted by molar-refractivity contribution is -0.119. The van der Waals surface area contributed by atoms with Crippen LogP contribution in [0.25, 0.3) is 0 Å². The second-order valence-corrected chi connectivity index (χ2v) is 10.9. The van der Waals surface area contributed by atoms with E-state index in [2.05, 4.69) is 22.8 Å². The van der Waals surface area contributed by atoms with Gasteiger partial charge in [-0.1, -0.05) is 47.5 Å². The van der Waals surface area contributed by atoms with Crippen molar-refractivity contribution in [3.8, 4) is 11.5 Å². The Balaban J connectivity index is 1.34. The van der Waals surface area contributed by atoms with Crippen molar-refractivity contribution in [2.75, 3.05) is 19.7 Å². The van der Waals surface area contributed by atoms with Gasteiger partial charge in [0.25, 0.3) is 0 Å². The van der Waals surface area contributed by atoms with E-state index in [-0.39, 0.29) is 30.5 Å². The third kappa shape index (κ3) is 6.46. The second kappa shape index (κ2) is 12.4. The zero-order valence-electron chi connectivity index (χ0n) is 22.0. The summed E-state index contributed by atoms with van der Waals surface area (Å²) in [5.74, 6) is 1.01. The average Bonchev–Trinajstić information content (AvgIpc) is 3.31. The van der Waals surface area contributed by atoms with Crippen molar-refractivity contribution in [1.82, 2.24) is 15.5 Å². The van der Waals surface area contributed by atoms with Crippen molar-refractivity contribution in [3.05, 3.63) is 93.6 Å². The molecule has 4 atom stereocenters. The molecule has 0 aromatic heterocycles. The van der Waals surface area contributed by atoms with Crippen LogP contribution in [0.5, 0.6) is 11.5 Å². The van der Waals surface area contributed by atoms with Crippen LogP contribution in [0.2, 0.25) is 5.02 Å². The highest BCUT2D eigenvalue weighted by Gasteiger charge is 2.43. The van der Waals surface area contributed by atoms with E-state index in [9.17, 15) is 14.7 Å². The molecule has 1 aliphatic carbocycles. The summed E-state index contributed by atoms with van der Waals surface area (Å²) in [4.78, 5) is 26.2. The summed E-state index contributed by atoms with van der Waals surface area (Å²) in [5, 5.41) is 17.5. The number of fused-ring (bicyclic) bond motifs is 2. The van der Waals surface area contributed by atoms with Crippen LogP contribution in [-0.4, -0.2) is 53.8 Å². The van der Waals surface area contributed by atoms with Crippen LogP contribution < -0.4 is 20.1 Å². The van der Waals surface area contributed by atoms with Crippen LogP contribution >= 0.6 is 23.2 Å². The molecule has 210 valence electrons. The number of nitrogens with zero attached hydrogens (tertiary/aromatic N) is 1. The molecule has 0 saturated carbocycles. The molecule has 2 amide bonds. The van der Waals surface area contributed by atoms with E-state index in [0.29, 0.717) is 47.5 Å². The lowest BCUT2D eigenvalue weighted by Gasteiger charge is -2.37. The van der Waals surface area contributed by atoms with Crippen LogP contribution in [0, 0.1) is 5.92 Å². The van der Waals surface area contributed by atoms with Crippen LogP contribution in [0.1, 0.15) is 31.4 Å². The largest absolute Gasteiger partial charge is 0.493 e. The molecule has 0 spiro atoms. The Labute approximate surface area is 243 Å². The van der Waals surface area contributed by atoms with Crippen molar-refractivity contribution < 1.29 is 24.2 Å². The van der Waals surface area contributed by atoms with Crippen LogP contribution in [0.4, 0.5) is 4.79 Å². The maximum Gasteiger partial charge on any atom is 0.416 e. The molecule has 3 N–H and O–H groups in total. The first-order chi connectivity index (χ1) is 19.3. The van der Waals surface area contributed by atoms with E-state index < -0.39 is 12.2 Å². The maximum absolute atomic E-state index is 13.5. The predicted octanol–water partition coefficient (Wildman–Crippen LogP) is 5.09. The molecule has 2 aliphatic heterocycles. The third-order valence-electron chi connectivity index (χ3n) is 7.22. The van der Waals surface area contributed by atoms with Crippen LogP contribution in [-0.2, 0) is 4.79 Å². The zero-order valence-corrected chi connectivity index (χ0v) is 23.5. The fourth-order valence-corrected chi connectivity index (χ4v) is 5.60. The molecule has 0 saturated heterocycles. The molecule has 8 nitrogen and oxygen atoms in total. The summed E-state index contributed by atoms with van der Waals surface area (Å²) < 4.78 is 11.6. The molecule has 2 aromatic carbocycles. The van der Waals surface area contributed by atoms with Gasteiger partial charge in [-0.05, 0) is 60.0 Å². The molecular weight excluding hydrogens is 553 g/mol. The van der Waals surface area contributed by atoms with Gasteiger partial charge < -0.3 is 25.2 Å². The standard InChI is InChI=1S/C30H31Cl2N3O5/c1-18(36)33-17-22(37)13-15-39-23-7-2-19(3-8-23)29-28-25(26-16-21(32)6-11-27(26)34-28)12-14-35(29)30(38)40-24-9-4-20(31)5-10-24/h2-11,16,22,26-27,29,34,37H,12-15,17H2,1H3,(H,33,36)/t22?,26?,27?,29-/m0/s1. The van der Waals surface area contributed by atoms with E-state index >= 15 is 0 Å². The van der Waals surface area contributed by atoms with Crippen LogP contribution in [0.15, 0.2) is 83.1 Å². The minimum absolute atomic E-state index is 0.0776. The average molecular weight is 585 g/mol. The number of halogens is 2. The van der Waals surface area contributed by atoms with Gasteiger partial charge in [0.15, 0.2) is 0 Å². The number of hydrogen-bond acceptors (Lipinski definition) is 6. The second-order valence-electron chi connectivity index (χ2n) is 10.0. The smallest absolute Gasteiger partial charge is 0.416 e. The number of benzene rings is 2. The summed E-state index contributed by atoms with van der Waals surface area (Å²) >= 11 is 12.3. The van der Waals surface area contributed by atoms with Crippen molar-refractivity contribution in [2.45, 2.75) is 38.0 Å². The number of ether oxygens (including phenoxy) is 2. The fraction of sp³-hybridized carbons (Fsp3) is 0.333. The predicted molar refractivity (Wildman–Crippen MR) is 153 cm³/mol. The number of amides is 2. The number of hydrogen-bond donors (Lipinski definition) is 3. The van der Waals surface area contributed by atoms with Gasteiger partial charge >= 0.3 is 6.09 Å². The molecular formula is C30H31Cl2N3O5. The monoisotopic (exact) mass is 583 g/mol. The first kappa shape index (κ1) is 28.1. The van der Waals surface area contributed by atoms with E-state index in [1.807, 2.05) is 30.3 Å². The summed E-state index contributed by atoms with van der Waals surface area (Å²) in [6, 6.07) is 14.0. The lowest BCUT2D eigenvalue weighted by Crippen LogP contribution is -2.43. The highest BCUT2D eigenvalue weighted by atomic mass is 35.5. The lowest BCUT2D eigenvalue weighted by atomic mass is 9.85. The number of carbonyl (C=O) groups is 2. The van der Waals surface area contributed by atoms with Crippen molar-refractivity contribution in [3.63, 3.8) is 0 Å². The molecule has 5 rings (SSSR count). The van der Waals surface area contributed by atoms with Crippen molar-refractivity contribution in [1.29, 1.82) is 0 Å². The van der Waals surface area contributed by atoms with E-state index in [1.165, 1.54) is 12.5 Å². The van der Waals surface area contributed by atoms with E-state index in [1.54, 1.807) is 29.2 Å². The Hall–Kier alpha value is -3.46. The Morgan fingerprint density at radius 1 is 1.12 bits per heavy atom. The van der Waals surface area contributed by atoms with Crippen LogP contribution in [0.3, 0.4) is 0 Å². The number of allylic oxidation sites excluding steroid dienone is 2. The molecule has 2 aromatic rings. The summed E-state index contributed by atoms with van der Waals surface area (Å²) in [6.07, 6.45) is 5.97. The topological polar surface area (TPSA) is 100 Å². The zero-order chi connectivity index (χ0) is 28.2. The van der Waals surface area contributed by atoms with Gasteiger partial charge in [-0.25, -0.2) is 4.79 Å². The number of nitrogens with one attached hydrogen (secondary N) is 2.